The number of nitrogens with zero attached hydrogens (tertiary/aromatic N) is 2. The Kier molecular flexibility index (Phi) is 3.32. The molecule has 1 aromatic heterocycles. The first-order valence-electron chi connectivity index (χ1n) is 5.45. The van der Waals surface area contributed by atoms with Crippen molar-refractivity contribution in [2.75, 3.05) is 7.11 Å². The fourth-order valence-electron chi connectivity index (χ4n) is 1.60. The summed E-state index contributed by atoms with van der Waals surface area (Å²) < 4.78 is 12.5. The van der Waals surface area contributed by atoms with Gasteiger partial charge in [-0.05, 0) is 24.6 Å². The van der Waals surface area contributed by atoms with E-state index in [-0.39, 0.29) is 0 Å². The van der Waals surface area contributed by atoms with Gasteiger partial charge in [-0.15, -0.1) is 5.10 Å². The third kappa shape index (κ3) is 2.78. The average Bonchev–Trinajstić information content (AvgIpc) is 2.66. The molecule has 0 aliphatic heterocycles. The average molecular weight is 232 g/mol. The van der Waals surface area contributed by atoms with Crippen molar-refractivity contribution in [3.63, 3.8) is 0 Å². The molecular weight excluding hydrogens is 216 g/mol. The second-order valence-electron chi connectivity index (χ2n) is 3.93. The molecule has 0 saturated heterocycles. The Morgan fingerprint density at radius 3 is 2.47 bits per heavy atom. The second kappa shape index (κ2) is 4.91. The summed E-state index contributed by atoms with van der Waals surface area (Å²) in [4.78, 5) is 0. The van der Waals surface area contributed by atoms with E-state index in [4.69, 9.17) is 9.47 Å². The molecule has 4 nitrogen and oxygen atoms in total. The van der Waals surface area contributed by atoms with Gasteiger partial charge in [0.1, 0.15) is 12.4 Å². The van der Waals surface area contributed by atoms with Crippen molar-refractivity contribution in [2.24, 2.45) is 7.05 Å². The lowest BCUT2D eigenvalue weighted by Crippen LogP contribution is -1.97. The molecule has 0 bridgehead atoms. The van der Waals surface area contributed by atoms with Crippen molar-refractivity contribution in [3.8, 4) is 11.6 Å². The molecule has 90 valence electrons. The zero-order valence-electron chi connectivity index (χ0n) is 10.3. The maximum atomic E-state index is 5.64. The zero-order valence-corrected chi connectivity index (χ0v) is 10.3. The molecule has 0 atom stereocenters. The van der Waals surface area contributed by atoms with E-state index in [1.165, 1.54) is 0 Å². The molecular formula is C13H16N2O2. The number of rotatable bonds is 4. The topological polar surface area (TPSA) is 36.3 Å². The lowest BCUT2D eigenvalue weighted by atomic mass is 10.2. The lowest BCUT2D eigenvalue weighted by molar-refractivity contribution is 0.289. The summed E-state index contributed by atoms with van der Waals surface area (Å²) >= 11 is 0. The lowest BCUT2D eigenvalue weighted by Gasteiger charge is -2.05. The quantitative estimate of drug-likeness (QED) is 0.811. The first-order chi connectivity index (χ1) is 8.19. The monoisotopic (exact) mass is 232 g/mol. The van der Waals surface area contributed by atoms with Gasteiger partial charge >= 0.3 is 0 Å². The SMILES string of the molecule is COc1ccc(COc2nn(C)cc2C)cc1. The van der Waals surface area contributed by atoms with Gasteiger partial charge in [0, 0.05) is 18.8 Å². The van der Waals surface area contributed by atoms with Crippen LogP contribution in [0.25, 0.3) is 0 Å². The van der Waals surface area contributed by atoms with Gasteiger partial charge in [-0.25, -0.2) is 0 Å². The molecule has 0 aliphatic rings. The Hall–Kier alpha value is -1.97. The van der Waals surface area contributed by atoms with Crippen molar-refractivity contribution < 1.29 is 9.47 Å². The van der Waals surface area contributed by atoms with E-state index >= 15 is 0 Å². The molecule has 0 aliphatic carbocycles. The van der Waals surface area contributed by atoms with E-state index < -0.39 is 0 Å². The van der Waals surface area contributed by atoms with Crippen molar-refractivity contribution in [2.45, 2.75) is 13.5 Å². The molecule has 0 saturated carbocycles. The van der Waals surface area contributed by atoms with Crippen LogP contribution in [0.2, 0.25) is 0 Å². The molecule has 17 heavy (non-hydrogen) atoms. The minimum Gasteiger partial charge on any atom is -0.497 e. The van der Waals surface area contributed by atoms with Crippen LogP contribution in [-0.4, -0.2) is 16.9 Å². The maximum absolute atomic E-state index is 5.64. The predicted molar refractivity (Wildman–Crippen MR) is 65.3 cm³/mol. The summed E-state index contributed by atoms with van der Waals surface area (Å²) in [5.41, 5.74) is 2.14. The normalized spacial score (nSPS) is 10.3. The molecule has 4 heteroatoms. The summed E-state index contributed by atoms with van der Waals surface area (Å²) in [5, 5.41) is 4.23. The van der Waals surface area contributed by atoms with Gasteiger partial charge in [-0.2, -0.15) is 0 Å². The molecule has 0 spiro atoms. The molecule has 1 aromatic carbocycles. The number of hydrogen-bond acceptors (Lipinski definition) is 3. The van der Waals surface area contributed by atoms with Crippen LogP contribution < -0.4 is 9.47 Å². The van der Waals surface area contributed by atoms with Crippen molar-refractivity contribution >= 4 is 0 Å². The smallest absolute Gasteiger partial charge is 0.236 e. The fourth-order valence-corrected chi connectivity index (χ4v) is 1.60. The predicted octanol–water partition coefficient (Wildman–Crippen LogP) is 2.32. The van der Waals surface area contributed by atoms with E-state index in [9.17, 15) is 0 Å². The van der Waals surface area contributed by atoms with E-state index in [1.54, 1.807) is 11.8 Å². The van der Waals surface area contributed by atoms with Crippen LogP contribution in [0.4, 0.5) is 0 Å². The van der Waals surface area contributed by atoms with Crippen LogP contribution in [-0.2, 0) is 13.7 Å². The minimum atomic E-state index is 0.516. The summed E-state index contributed by atoms with van der Waals surface area (Å²) in [7, 11) is 3.54. The van der Waals surface area contributed by atoms with Gasteiger partial charge < -0.3 is 9.47 Å². The molecule has 0 N–H and O–H groups in total. The van der Waals surface area contributed by atoms with Gasteiger partial charge in [-0.1, -0.05) is 12.1 Å². The summed E-state index contributed by atoms with van der Waals surface area (Å²) in [6, 6.07) is 7.81. The Labute approximate surface area is 101 Å². The first-order valence-corrected chi connectivity index (χ1v) is 5.45. The molecule has 0 unspecified atom stereocenters. The molecule has 0 amide bonds. The molecule has 2 aromatic rings. The van der Waals surface area contributed by atoms with Gasteiger partial charge in [0.05, 0.1) is 7.11 Å². The number of benzene rings is 1. The fraction of sp³-hybridized carbons (Fsp3) is 0.308. The number of aryl methyl sites for hydroxylation is 2. The number of methoxy groups -OCH3 is 1. The van der Waals surface area contributed by atoms with E-state index in [0.717, 1.165) is 16.9 Å². The molecule has 2 rings (SSSR count). The van der Waals surface area contributed by atoms with E-state index in [1.807, 2.05) is 44.4 Å². The van der Waals surface area contributed by atoms with E-state index in [2.05, 4.69) is 5.10 Å². The van der Waals surface area contributed by atoms with Crippen LogP contribution in [0.3, 0.4) is 0 Å². The van der Waals surface area contributed by atoms with Crippen molar-refractivity contribution in [3.05, 3.63) is 41.6 Å². The Bertz CT molecular complexity index is 489. The highest BCUT2D eigenvalue weighted by Gasteiger charge is 2.04. The van der Waals surface area contributed by atoms with Gasteiger partial charge in [0.2, 0.25) is 5.88 Å². The van der Waals surface area contributed by atoms with Crippen LogP contribution in [0, 0.1) is 6.92 Å². The summed E-state index contributed by atoms with van der Waals surface area (Å²) in [6.07, 6.45) is 1.93. The van der Waals surface area contributed by atoms with Crippen LogP contribution in [0.1, 0.15) is 11.1 Å². The van der Waals surface area contributed by atoms with Crippen LogP contribution >= 0.6 is 0 Å². The Morgan fingerprint density at radius 1 is 1.24 bits per heavy atom. The summed E-state index contributed by atoms with van der Waals surface area (Å²) in [6.45, 7) is 2.50. The molecule has 1 heterocycles. The van der Waals surface area contributed by atoms with Crippen molar-refractivity contribution in [1.82, 2.24) is 9.78 Å². The Morgan fingerprint density at radius 2 is 1.94 bits per heavy atom. The largest absolute Gasteiger partial charge is 0.497 e. The van der Waals surface area contributed by atoms with E-state index in [0.29, 0.717) is 12.5 Å². The number of aromatic nitrogens is 2. The molecule has 0 radical (unpaired) electrons. The number of hydrogen-bond donors (Lipinski definition) is 0. The zero-order chi connectivity index (χ0) is 12.3. The summed E-state index contributed by atoms with van der Waals surface area (Å²) in [5.74, 6) is 1.53. The van der Waals surface area contributed by atoms with Gasteiger partial charge in [0.25, 0.3) is 0 Å². The highest BCUT2D eigenvalue weighted by molar-refractivity contribution is 5.27. The highest BCUT2D eigenvalue weighted by Crippen LogP contribution is 2.16. The third-order valence-electron chi connectivity index (χ3n) is 2.50. The first kappa shape index (κ1) is 11.5. The van der Waals surface area contributed by atoms with Gasteiger partial charge in [-0.3, -0.25) is 4.68 Å². The maximum Gasteiger partial charge on any atom is 0.236 e. The minimum absolute atomic E-state index is 0.516. The standard InChI is InChI=1S/C13H16N2O2/c1-10-8-15(2)14-13(10)17-9-11-4-6-12(16-3)7-5-11/h4-8H,9H2,1-3H3. The second-order valence-corrected chi connectivity index (χ2v) is 3.93. The van der Waals surface area contributed by atoms with Crippen molar-refractivity contribution in [1.29, 1.82) is 0 Å². The van der Waals surface area contributed by atoms with Crippen LogP contribution in [0.15, 0.2) is 30.5 Å². The Balaban J connectivity index is 1.99. The van der Waals surface area contributed by atoms with Gasteiger partial charge in [0.15, 0.2) is 0 Å². The van der Waals surface area contributed by atoms with Crippen LogP contribution in [0.5, 0.6) is 11.6 Å². The number of ether oxygens (including phenoxy) is 2. The third-order valence-corrected chi connectivity index (χ3v) is 2.50. The highest BCUT2D eigenvalue weighted by atomic mass is 16.5. The molecule has 0 fully saturated rings.